The molecule has 2 N–H and O–H groups in total. The fourth-order valence-corrected chi connectivity index (χ4v) is 2.61. The van der Waals surface area contributed by atoms with Gasteiger partial charge in [0.1, 0.15) is 5.75 Å². The molecule has 144 valence electrons. The lowest BCUT2D eigenvalue weighted by Crippen LogP contribution is -2.36. The number of hydrogen-bond acceptors (Lipinski definition) is 4. The van der Waals surface area contributed by atoms with Gasteiger partial charge in [-0.1, -0.05) is 30.3 Å². The van der Waals surface area contributed by atoms with Crippen molar-refractivity contribution in [3.8, 4) is 5.75 Å². The van der Waals surface area contributed by atoms with Gasteiger partial charge in [-0.25, -0.2) is 4.99 Å². The van der Waals surface area contributed by atoms with E-state index in [1.165, 1.54) is 6.07 Å². The fraction of sp³-hybridized carbons (Fsp3) is 0.350. The second-order valence-electron chi connectivity index (χ2n) is 5.98. The van der Waals surface area contributed by atoms with E-state index in [2.05, 4.69) is 15.6 Å². The Morgan fingerprint density at radius 1 is 1.15 bits per heavy atom. The van der Waals surface area contributed by atoms with Crippen molar-refractivity contribution in [1.82, 2.24) is 10.6 Å². The lowest BCUT2D eigenvalue weighted by atomic mass is 10.1. The average molecular weight is 370 g/mol. The van der Waals surface area contributed by atoms with E-state index in [0.717, 1.165) is 16.9 Å². The number of aliphatic imine (C=N–C) groups is 1. The zero-order valence-electron chi connectivity index (χ0n) is 16.0. The number of rotatable bonds is 8. The third kappa shape index (κ3) is 5.99. The maximum Gasteiger partial charge on any atom is 0.274 e. The predicted octanol–water partition coefficient (Wildman–Crippen LogP) is 3.56. The molecule has 0 aliphatic rings. The Morgan fingerprint density at radius 3 is 2.63 bits per heavy atom. The van der Waals surface area contributed by atoms with Crippen molar-refractivity contribution in [2.45, 2.75) is 33.9 Å². The molecule has 7 nitrogen and oxygen atoms in total. The first-order valence-electron chi connectivity index (χ1n) is 9.02. The van der Waals surface area contributed by atoms with Crippen LogP contribution in [0.4, 0.5) is 5.69 Å². The van der Waals surface area contributed by atoms with E-state index < -0.39 is 0 Å². The molecule has 0 saturated heterocycles. The minimum absolute atomic E-state index is 0.0954. The van der Waals surface area contributed by atoms with Crippen molar-refractivity contribution >= 4 is 11.6 Å². The van der Waals surface area contributed by atoms with Gasteiger partial charge < -0.3 is 15.4 Å². The number of guanidine groups is 1. The monoisotopic (exact) mass is 370 g/mol. The zero-order chi connectivity index (χ0) is 19.6. The van der Waals surface area contributed by atoms with E-state index in [9.17, 15) is 10.1 Å². The van der Waals surface area contributed by atoms with Gasteiger partial charge in [0.05, 0.1) is 18.1 Å². The highest BCUT2D eigenvalue weighted by Crippen LogP contribution is 2.21. The number of aryl methyl sites for hydroxylation is 1. The third-order valence-electron chi connectivity index (χ3n) is 3.91. The maximum absolute atomic E-state index is 11.1. The van der Waals surface area contributed by atoms with Crippen LogP contribution in [0.25, 0.3) is 0 Å². The normalized spacial score (nSPS) is 11.1. The average Bonchev–Trinajstić information content (AvgIpc) is 2.65. The van der Waals surface area contributed by atoms with Crippen molar-refractivity contribution in [2.75, 3.05) is 13.2 Å². The van der Waals surface area contributed by atoms with Crippen molar-refractivity contribution in [1.29, 1.82) is 0 Å². The minimum atomic E-state index is -0.373. The molecule has 2 aromatic rings. The Hall–Kier alpha value is -3.09. The summed E-state index contributed by atoms with van der Waals surface area (Å²) in [5, 5.41) is 17.5. The van der Waals surface area contributed by atoms with E-state index >= 15 is 0 Å². The topological polar surface area (TPSA) is 88.8 Å². The van der Waals surface area contributed by atoms with Gasteiger partial charge in [-0.05, 0) is 32.4 Å². The van der Waals surface area contributed by atoms with E-state index in [0.29, 0.717) is 37.8 Å². The fourth-order valence-electron chi connectivity index (χ4n) is 2.61. The molecule has 0 aliphatic carbocycles. The van der Waals surface area contributed by atoms with E-state index in [1.54, 1.807) is 18.2 Å². The quantitative estimate of drug-likeness (QED) is 0.321. The lowest BCUT2D eigenvalue weighted by molar-refractivity contribution is -0.385. The number of para-hydroxylation sites is 1. The van der Waals surface area contributed by atoms with Crippen LogP contribution in [-0.4, -0.2) is 24.0 Å². The SMILES string of the molecule is CCNC(=NCc1ccc(C)cc1OCC)NCc1ccccc1[N+](=O)[O-]. The van der Waals surface area contributed by atoms with Crippen LogP contribution in [-0.2, 0) is 13.1 Å². The number of ether oxygens (including phenoxy) is 1. The molecule has 0 aliphatic heterocycles. The summed E-state index contributed by atoms with van der Waals surface area (Å²) in [6.45, 7) is 7.99. The van der Waals surface area contributed by atoms with Gasteiger partial charge in [0.15, 0.2) is 5.96 Å². The molecule has 0 heterocycles. The summed E-state index contributed by atoms with van der Waals surface area (Å²) in [4.78, 5) is 15.4. The van der Waals surface area contributed by atoms with Gasteiger partial charge >= 0.3 is 0 Å². The molecule has 2 rings (SSSR count). The number of nitro groups is 1. The summed E-state index contributed by atoms with van der Waals surface area (Å²) >= 11 is 0. The summed E-state index contributed by atoms with van der Waals surface area (Å²) in [5.74, 6) is 1.43. The maximum atomic E-state index is 11.1. The second-order valence-corrected chi connectivity index (χ2v) is 5.98. The standard InChI is InChI=1S/C20H26N4O3/c1-4-21-20(22-13-16-8-6-7-9-18(16)24(25)26)23-14-17-11-10-15(3)12-19(17)27-5-2/h6-12H,4-5,13-14H2,1-3H3,(H2,21,22,23). The highest BCUT2D eigenvalue weighted by atomic mass is 16.6. The van der Waals surface area contributed by atoms with Crippen LogP contribution in [0.15, 0.2) is 47.5 Å². The summed E-state index contributed by atoms with van der Waals surface area (Å²) < 4.78 is 5.70. The molecule has 0 bridgehead atoms. The molecule has 27 heavy (non-hydrogen) atoms. The number of nitrogens with zero attached hydrogens (tertiary/aromatic N) is 2. The van der Waals surface area contributed by atoms with E-state index in [4.69, 9.17) is 4.74 Å². The molecule has 7 heteroatoms. The number of hydrogen-bond donors (Lipinski definition) is 2. The number of benzene rings is 2. The zero-order valence-corrected chi connectivity index (χ0v) is 16.0. The molecular formula is C20H26N4O3. The van der Waals surface area contributed by atoms with Crippen molar-refractivity contribution in [2.24, 2.45) is 4.99 Å². The summed E-state index contributed by atoms with van der Waals surface area (Å²) in [6, 6.07) is 12.7. The van der Waals surface area contributed by atoms with Crippen LogP contribution in [0.5, 0.6) is 5.75 Å². The molecule has 0 aromatic heterocycles. The third-order valence-corrected chi connectivity index (χ3v) is 3.91. The smallest absolute Gasteiger partial charge is 0.274 e. The van der Waals surface area contributed by atoms with Crippen LogP contribution < -0.4 is 15.4 Å². The molecule has 2 aromatic carbocycles. The molecule has 0 unspecified atom stereocenters. The minimum Gasteiger partial charge on any atom is -0.494 e. The predicted molar refractivity (Wildman–Crippen MR) is 107 cm³/mol. The molecule has 0 atom stereocenters. The van der Waals surface area contributed by atoms with E-state index in [-0.39, 0.29) is 10.6 Å². The Balaban J connectivity index is 2.12. The van der Waals surface area contributed by atoms with Crippen LogP contribution in [0.2, 0.25) is 0 Å². The van der Waals surface area contributed by atoms with E-state index in [1.807, 2.05) is 39.0 Å². The van der Waals surface area contributed by atoms with Gasteiger partial charge in [0.25, 0.3) is 5.69 Å². The van der Waals surface area contributed by atoms with Gasteiger partial charge in [-0.2, -0.15) is 0 Å². The molecule has 0 saturated carbocycles. The molecule has 0 spiro atoms. The number of nitro benzene ring substituents is 1. The first kappa shape index (κ1) is 20.2. The second kappa shape index (κ2) is 10.2. The summed E-state index contributed by atoms with van der Waals surface area (Å²) in [5.41, 5.74) is 2.83. The Labute approximate surface area is 159 Å². The molecule has 0 fully saturated rings. The molecule has 0 amide bonds. The van der Waals surface area contributed by atoms with Crippen LogP contribution in [0, 0.1) is 17.0 Å². The van der Waals surface area contributed by atoms with Crippen molar-refractivity contribution in [3.63, 3.8) is 0 Å². The Kier molecular flexibility index (Phi) is 7.61. The van der Waals surface area contributed by atoms with Gasteiger partial charge in [0.2, 0.25) is 0 Å². The highest BCUT2D eigenvalue weighted by molar-refractivity contribution is 5.79. The van der Waals surface area contributed by atoms with Crippen LogP contribution >= 0.6 is 0 Å². The molecule has 0 radical (unpaired) electrons. The first-order chi connectivity index (χ1) is 13.0. The lowest BCUT2D eigenvalue weighted by Gasteiger charge is -2.13. The Morgan fingerprint density at radius 2 is 1.93 bits per heavy atom. The van der Waals surface area contributed by atoms with Crippen molar-refractivity contribution in [3.05, 3.63) is 69.3 Å². The highest BCUT2D eigenvalue weighted by Gasteiger charge is 2.12. The largest absolute Gasteiger partial charge is 0.494 e. The van der Waals surface area contributed by atoms with Gasteiger partial charge in [0, 0.05) is 30.3 Å². The van der Waals surface area contributed by atoms with Crippen LogP contribution in [0.3, 0.4) is 0 Å². The van der Waals surface area contributed by atoms with Gasteiger partial charge in [-0.15, -0.1) is 0 Å². The first-order valence-corrected chi connectivity index (χ1v) is 9.02. The Bertz CT molecular complexity index is 806. The number of nitrogens with one attached hydrogen (secondary N) is 2. The summed E-state index contributed by atoms with van der Waals surface area (Å²) in [7, 11) is 0. The van der Waals surface area contributed by atoms with Gasteiger partial charge in [-0.3, -0.25) is 10.1 Å². The van der Waals surface area contributed by atoms with Crippen LogP contribution in [0.1, 0.15) is 30.5 Å². The van der Waals surface area contributed by atoms with Crippen molar-refractivity contribution < 1.29 is 9.66 Å². The summed E-state index contributed by atoms with van der Waals surface area (Å²) in [6.07, 6.45) is 0. The molecular weight excluding hydrogens is 344 g/mol.